The molecule has 0 aliphatic heterocycles. The summed E-state index contributed by atoms with van der Waals surface area (Å²) >= 11 is 6.26. The van der Waals surface area contributed by atoms with Gasteiger partial charge in [-0.3, -0.25) is 4.98 Å². The maximum atomic E-state index is 10.1. The normalized spacial score (nSPS) is 23.0. The van der Waals surface area contributed by atoms with Crippen molar-refractivity contribution in [3.8, 4) is 22.6 Å². The molecule has 0 atom stereocenters. The van der Waals surface area contributed by atoms with E-state index in [0.717, 1.165) is 59.0 Å². The van der Waals surface area contributed by atoms with Crippen molar-refractivity contribution in [3.05, 3.63) is 53.5 Å². The summed E-state index contributed by atoms with van der Waals surface area (Å²) in [5.41, 5.74) is 11.2. The van der Waals surface area contributed by atoms with Crippen LogP contribution in [-0.2, 0) is 0 Å². The number of halogens is 1. The molecule has 1 aromatic heterocycles. The van der Waals surface area contributed by atoms with Crippen molar-refractivity contribution in [2.24, 2.45) is 11.7 Å². The number of nitrogens with zero attached hydrogens (tertiary/aromatic N) is 1. The van der Waals surface area contributed by atoms with E-state index in [2.05, 4.69) is 24.7 Å². The highest BCUT2D eigenvalue weighted by Gasteiger charge is 2.29. The molecule has 2 aromatic carbocycles. The number of hydrogen-bond donors (Lipinski definition) is 3. The topological polar surface area (TPSA) is 80.4 Å². The van der Waals surface area contributed by atoms with Gasteiger partial charge >= 0.3 is 0 Å². The summed E-state index contributed by atoms with van der Waals surface area (Å²) in [4.78, 5) is 4.73. The molecule has 5 nitrogen and oxygen atoms in total. The molecule has 0 spiro atoms. The quantitative estimate of drug-likeness (QED) is 0.406. The van der Waals surface area contributed by atoms with Gasteiger partial charge in [0.2, 0.25) is 0 Å². The minimum absolute atomic E-state index is 0.0483. The fourth-order valence-electron chi connectivity index (χ4n) is 4.61. The Labute approximate surface area is 200 Å². The van der Waals surface area contributed by atoms with Gasteiger partial charge in [0.25, 0.3) is 0 Å². The number of phenols is 1. The zero-order valence-corrected chi connectivity index (χ0v) is 19.9. The summed E-state index contributed by atoms with van der Waals surface area (Å²) in [7, 11) is 1.52. The van der Waals surface area contributed by atoms with E-state index in [0.29, 0.717) is 17.7 Å². The first-order valence-electron chi connectivity index (χ1n) is 11.6. The van der Waals surface area contributed by atoms with E-state index in [4.69, 9.17) is 27.1 Å². The molecule has 5 rings (SSSR count). The Balaban J connectivity index is 1.56. The van der Waals surface area contributed by atoms with Crippen LogP contribution in [-0.4, -0.2) is 28.8 Å². The van der Waals surface area contributed by atoms with Gasteiger partial charge in [0.05, 0.1) is 17.6 Å². The number of nitrogens with two attached hydrogens (primary N) is 1. The third kappa shape index (κ3) is 4.75. The van der Waals surface area contributed by atoms with E-state index >= 15 is 0 Å². The largest absolute Gasteiger partial charge is 0.503 e. The molecule has 2 aliphatic rings. The van der Waals surface area contributed by atoms with Gasteiger partial charge in [-0.25, -0.2) is 0 Å². The zero-order chi connectivity index (χ0) is 23.2. The number of benzene rings is 2. The smallest absolute Gasteiger partial charge is 0.176 e. The third-order valence-corrected chi connectivity index (χ3v) is 7.15. The summed E-state index contributed by atoms with van der Waals surface area (Å²) in [6.45, 7) is 2.15. The molecule has 2 aliphatic carbocycles. The van der Waals surface area contributed by atoms with E-state index in [9.17, 15) is 5.11 Å². The molecular weight excluding hydrogens is 434 g/mol. The number of nitrogens with one attached hydrogen (secondary N) is 1. The molecule has 172 valence electrons. The van der Waals surface area contributed by atoms with Crippen molar-refractivity contribution < 1.29 is 9.84 Å². The fraction of sp³-hybridized carbons (Fsp3) is 0.407. The highest BCUT2D eigenvalue weighted by Crippen LogP contribution is 2.42. The number of pyridine rings is 1. The predicted octanol–water partition coefficient (Wildman–Crippen LogP) is 6.18. The van der Waals surface area contributed by atoms with Crippen LogP contribution >= 0.6 is 11.6 Å². The molecular formula is C27H30ClN3O2. The second-order valence-electron chi connectivity index (χ2n) is 9.78. The van der Waals surface area contributed by atoms with Crippen LogP contribution in [0.25, 0.3) is 22.0 Å². The van der Waals surface area contributed by atoms with Crippen LogP contribution in [0.5, 0.6) is 11.5 Å². The molecule has 2 fully saturated rings. The lowest BCUT2D eigenvalue weighted by Gasteiger charge is -2.35. The number of phenolic OH excluding ortho intramolecular Hbond substituents is 1. The molecule has 33 heavy (non-hydrogen) atoms. The van der Waals surface area contributed by atoms with Crippen molar-refractivity contribution in [2.75, 3.05) is 12.4 Å². The Hall–Kier alpha value is -2.50. The highest BCUT2D eigenvalue weighted by atomic mass is 35.5. The van der Waals surface area contributed by atoms with Crippen LogP contribution in [0.3, 0.4) is 0 Å². The highest BCUT2D eigenvalue weighted by molar-refractivity contribution is 6.32. The SMILES string of the molecule is COc1cc(-c2ccc3ncc([C]C4CC4)c(NC4CCC(C)(N)CC4)c3c2)cc(Cl)c1O. The number of ether oxygens (including phenoxy) is 1. The van der Waals surface area contributed by atoms with Crippen molar-refractivity contribution >= 4 is 28.2 Å². The molecule has 2 saturated carbocycles. The number of fused-ring (bicyclic) bond motifs is 1. The van der Waals surface area contributed by atoms with Gasteiger partial charge in [-0.15, -0.1) is 0 Å². The van der Waals surface area contributed by atoms with Gasteiger partial charge in [-0.2, -0.15) is 0 Å². The Kier molecular flexibility index (Phi) is 5.87. The molecule has 4 N–H and O–H groups in total. The third-order valence-electron chi connectivity index (χ3n) is 6.86. The minimum atomic E-state index is -0.0715. The van der Waals surface area contributed by atoms with E-state index in [1.165, 1.54) is 20.0 Å². The molecule has 1 heterocycles. The number of aromatic nitrogens is 1. The van der Waals surface area contributed by atoms with Crippen LogP contribution < -0.4 is 15.8 Å². The second kappa shape index (κ2) is 8.69. The lowest BCUT2D eigenvalue weighted by atomic mass is 9.81. The van der Waals surface area contributed by atoms with Crippen molar-refractivity contribution in [1.82, 2.24) is 4.98 Å². The second-order valence-corrected chi connectivity index (χ2v) is 10.2. The zero-order valence-electron chi connectivity index (χ0n) is 19.1. The lowest BCUT2D eigenvalue weighted by Crippen LogP contribution is -2.43. The Morgan fingerprint density at radius 2 is 1.91 bits per heavy atom. The maximum absolute atomic E-state index is 10.1. The molecule has 0 unspecified atom stereocenters. The van der Waals surface area contributed by atoms with Gasteiger partial charge < -0.3 is 20.9 Å². The minimum Gasteiger partial charge on any atom is -0.503 e. The summed E-state index contributed by atoms with van der Waals surface area (Å²) in [6.07, 6.45) is 12.1. The van der Waals surface area contributed by atoms with Crippen LogP contribution in [0.4, 0.5) is 5.69 Å². The van der Waals surface area contributed by atoms with Crippen molar-refractivity contribution in [3.63, 3.8) is 0 Å². The van der Waals surface area contributed by atoms with Crippen molar-refractivity contribution in [2.45, 2.75) is 57.0 Å². The summed E-state index contributed by atoms with van der Waals surface area (Å²) in [5.74, 6) is 0.824. The Bertz CT molecular complexity index is 1180. The number of methoxy groups -OCH3 is 1. The van der Waals surface area contributed by atoms with E-state index in [1.54, 1.807) is 12.1 Å². The predicted molar refractivity (Wildman–Crippen MR) is 134 cm³/mol. The Morgan fingerprint density at radius 1 is 1.15 bits per heavy atom. The summed E-state index contributed by atoms with van der Waals surface area (Å²) < 4.78 is 5.31. The number of hydrogen-bond acceptors (Lipinski definition) is 5. The Morgan fingerprint density at radius 3 is 2.61 bits per heavy atom. The fourth-order valence-corrected chi connectivity index (χ4v) is 4.82. The van der Waals surface area contributed by atoms with Gasteiger partial charge in [0.15, 0.2) is 11.5 Å². The van der Waals surface area contributed by atoms with Gasteiger partial charge in [0.1, 0.15) is 0 Å². The van der Waals surface area contributed by atoms with Gasteiger partial charge in [0, 0.05) is 40.8 Å². The maximum Gasteiger partial charge on any atom is 0.176 e. The van der Waals surface area contributed by atoms with Crippen LogP contribution in [0, 0.1) is 12.3 Å². The van der Waals surface area contributed by atoms with Crippen molar-refractivity contribution in [1.29, 1.82) is 0 Å². The van der Waals surface area contributed by atoms with Gasteiger partial charge in [-0.05, 0) is 86.8 Å². The average Bonchev–Trinajstić information content (AvgIpc) is 3.62. The number of aromatic hydroxyl groups is 1. The average molecular weight is 464 g/mol. The van der Waals surface area contributed by atoms with Crippen LogP contribution in [0.2, 0.25) is 5.02 Å². The summed E-state index contributed by atoms with van der Waals surface area (Å²) in [6, 6.07) is 10.1. The molecule has 3 aromatic rings. The number of anilines is 1. The van der Waals surface area contributed by atoms with Crippen LogP contribution in [0.15, 0.2) is 36.5 Å². The molecule has 6 heteroatoms. The molecule has 0 bridgehead atoms. The molecule has 0 saturated heterocycles. The van der Waals surface area contributed by atoms with Crippen LogP contribution in [0.1, 0.15) is 51.0 Å². The van der Waals surface area contributed by atoms with E-state index < -0.39 is 0 Å². The van der Waals surface area contributed by atoms with E-state index in [-0.39, 0.29) is 16.3 Å². The first-order chi connectivity index (χ1) is 15.8. The molecule has 2 radical (unpaired) electrons. The van der Waals surface area contributed by atoms with Gasteiger partial charge in [-0.1, -0.05) is 17.7 Å². The standard InChI is InChI=1S/C27H30ClN3O2/c1-27(29)9-7-20(8-10-27)31-25-19(11-16-3-4-16)15-30-23-6-5-17(12-21(23)25)18-13-22(28)26(32)24(14-18)33-2/h5-6,12-16,20,32H,3-4,7-10,29H2,1-2H3,(H,30,31). The monoisotopic (exact) mass is 463 g/mol. The molecule has 0 amide bonds. The first kappa shape index (κ1) is 22.3. The first-order valence-corrected chi connectivity index (χ1v) is 12.0. The number of rotatable bonds is 6. The van der Waals surface area contributed by atoms with E-state index in [1.807, 2.05) is 18.3 Å². The summed E-state index contributed by atoms with van der Waals surface area (Å²) in [5, 5.41) is 15.3. The lowest BCUT2D eigenvalue weighted by molar-refractivity contribution is 0.305.